The molecule has 1 aromatic carbocycles. The molecule has 0 aliphatic heterocycles. The van der Waals surface area contributed by atoms with Crippen LogP contribution in [0.4, 0.5) is 0 Å². The largest absolute Gasteiger partial charge is 0.486 e. The SMILES string of the molecule is O=C(O)/C=C/c1cccc(Cl)c1OCc1ccc(Cl)s1. The van der Waals surface area contributed by atoms with Gasteiger partial charge in [-0.05, 0) is 24.3 Å². The minimum Gasteiger partial charge on any atom is -0.486 e. The Labute approximate surface area is 130 Å². The van der Waals surface area contributed by atoms with Crippen LogP contribution >= 0.6 is 34.5 Å². The highest BCUT2D eigenvalue weighted by molar-refractivity contribution is 7.16. The van der Waals surface area contributed by atoms with Crippen LogP contribution in [0.1, 0.15) is 10.4 Å². The van der Waals surface area contributed by atoms with E-state index in [-0.39, 0.29) is 0 Å². The summed E-state index contributed by atoms with van der Waals surface area (Å²) in [5, 5.41) is 9.10. The van der Waals surface area contributed by atoms with Crippen LogP contribution in [0, 0.1) is 0 Å². The van der Waals surface area contributed by atoms with Crippen molar-refractivity contribution >= 4 is 46.6 Å². The molecule has 2 aromatic rings. The molecule has 1 aromatic heterocycles. The van der Waals surface area contributed by atoms with Crippen molar-refractivity contribution in [3.05, 3.63) is 56.2 Å². The minimum atomic E-state index is -1.03. The number of thiophene rings is 1. The Morgan fingerprint density at radius 1 is 1.30 bits per heavy atom. The number of rotatable bonds is 5. The minimum absolute atomic E-state index is 0.328. The standard InChI is InChI=1S/C14H10Cl2O3S/c15-11-3-1-2-9(4-7-13(17)18)14(11)19-8-10-5-6-12(16)20-10/h1-7H,8H2,(H,17,18)/b7-4+. The summed E-state index contributed by atoms with van der Waals surface area (Å²) in [5.74, 6) is -0.572. The van der Waals surface area contributed by atoms with Crippen LogP contribution in [-0.4, -0.2) is 11.1 Å². The van der Waals surface area contributed by atoms with Gasteiger partial charge in [-0.25, -0.2) is 4.79 Å². The third-order valence-electron chi connectivity index (χ3n) is 2.39. The van der Waals surface area contributed by atoms with E-state index < -0.39 is 5.97 Å². The molecule has 0 aliphatic rings. The zero-order chi connectivity index (χ0) is 14.5. The Morgan fingerprint density at radius 3 is 2.75 bits per heavy atom. The van der Waals surface area contributed by atoms with E-state index >= 15 is 0 Å². The number of ether oxygens (including phenoxy) is 1. The van der Waals surface area contributed by atoms with Crippen LogP contribution in [0.15, 0.2) is 36.4 Å². The van der Waals surface area contributed by atoms with Gasteiger partial charge < -0.3 is 9.84 Å². The van der Waals surface area contributed by atoms with Crippen LogP contribution in [0.5, 0.6) is 5.75 Å². The molecule has 20 heavy (non-hydrogen) atoms. The Morgan fingerprint density at radius 2 is 2.10 bits per heavy atom. The Bertz CT molecular complexity index is 650. The van der Waals surface area contributed by atoms with Gasteiger partial charge in [-0.3, -0.25) is 0 Å². The van der Waals surface area contributed by atoms with Gasteiger partial charge in [-0.15, -0.1) is 11.3 Å². The van der Waals surface area contributed by atoms with Crippen molar-refractivity contribution in [2.45, 2.75) is 6.61 Å². The number of para-hydroxylation sites is 1. The van der Waals surface area contributed by atoms with Gasteiger partial charge in [0.15, 0.2) is 0 Å². The summed E-state index contributed by atoms with van der Waals surface area (Å²) in [4.78, 5) is 11.5. The van der Waals surface area contributed by atoms with Gasteiger partial charge >= 0.3 is 5.97 Å². The molecule has 0 amide bonds. The Kier molecular flexibility index (Phi) is 5.06. The molecule has 0 saturated carbocycles. The number of carboxylic acid groups (broad SMARTS) is 1. The maximum Gasteiger partial charge on any atom is 0.328 e. The van der Waals surface area contributed by atoms with Crippen molar-refractivity contribution in [2.75, 3.05) is 0 Å². The predicted molar refractivity (Wildman–Crippen MR) is 81.8 cm³/mol. The van der Waals surface area contributed by atoms with E-state index in [4.69, 9.17) is 33.0 Å². The first-order valence-electron chi connectivity index (χ1n) is 5.63. The fourth-order valence-electron chi connectivity index (χ4n) is 1.54. The number of aliphatic carboxylic acids is 1. The average molecular weight is 329 g/mol. The van der Waals surface area contributed by atoms with Crippen molar-refractivity contribution in [1.29, 1.82) is 0 Å². The van der Waals surface area contributed by atoms with E-state index in [1.165, 1.54) is 17.4 Å². The quantitative estimate of drug-likeness (QED) is 0.807. The molecular weight excluding hydrogens is 319 g/mol. The second-order valence-electron chi connectivity index (χ2n) is 3.82. The lowest BCUT2D eigenvalue weighted by atomic mass is 10.2. The number of benzene rings is 1. The highest BCUT2D eigenvalue weighted by Gasteiger charge is 2.08. The molecule has 0 atom stereocenters. The van der Waals surface area contributed by atoms with Crippen LogP contribution in [0.2, 0.25) is 9.36 Å². The molecule has 0 bridgehead atoms. The number of hydrogen-bond donors (Lipinski definition) is 1. The number of hydrogen-bond acceptors (Lipinski definition) is 3. The first-order valence-corrected chi connectivity index (χ1v) is 7.20. The smallest absolute Gasteiger partial charge is 0.328 e. The van der Waals surface area contributed by atoms with E-state index in [0.717, 1.165) is 11.0 Å². The first-order chi connectivity index (χ1) is 9.56. The van der Waals surface area contributed by atoms with Crippen molar-refractivity contribution in [3.8, 4) is 5.75 Å². The molecule has 0 radical (unpaired) electrons. The molecule has 0 fully saturated rings. The van der Waals surface area contributed by atoms with Gasteiger partial charge in [-0.1, -0.05) is 35.3 Å². The topological polar surface area (TPSA) is 46.5 Å². The summed E-state index contributed by atoms with van der Waals surface area (Å²) in [6.45, 7) is 0.328. The van der Waals surface area contributed by atoms with Crippen molar-refractivity contribution in [2.24, 2.45) is 0 Å². The molecule has 1 heterocycles. The summed E-state index contributed by atoms with van der Waals surface area (Å²) in [6, 6.07) is 8.83. The second kappa shape index (κ2) is 6.79. The molecule has 0 spiro atoms. The third kappa shape index (κ3) is 4.00. The van der Waals surface area contributed by atoms with Gasteiger partial charge in [0.25, 0.3) is 0 Å². The van der Waals surface area contributed by atoms with E-state index in [1.54, 1.807) is 24.3 Å². The van der Waals surface area contributed by atoms with Gasteiger partial charge in [0.1, 0.15) is 12.4 Å². The number of carbonyl (C=O) groups is 1. The number of halogens is 2. The second-order valence-corrected chi connectivity index (χ2v) is 6.03. The summed E-state index contributed by atoms with van der Waals surface area (Å²) < 4.78 is 6.36. The highest BCUT2D eigenvalue weighted by atomic mass is 35.5. The van der Waals surface area contributed by atoms with E-state index in [0.29, 0.717) is 27.3 Å². The molecule has 1 N–H and O–H groups in total. The molecule has 0 unspecified atom stereocenters. The normalized spacial score (nSPS) is 10.9. The first kappa shape index (κ1) is 14.9. The Hall–Kier alpha value is -1.49. The van der Waals surface area contributed by atoms with Gasteiger partial charge in [0.2, 0.25) is 0 Å². The third-order valence-corrected chi connectivity index (χ3v) is 3.89. The van der Waals surface area contributed by atoms with Crippen LogP contribution in [0.3, 0.4) is 0 Å². The van der Waals surface area contributed by atoms with E-state index in [2.05, 4.69) is 0 Å². The molecule has 3 nitrogen and oxygen atoms in total. The lowest BCUT2D eigenvalue weighted by Gasteiger charge is -2.10. The van der Waals surface area contributed by atoms with Crippen molar-refractivity contribution in [1.82, 2.24) is 0 Å². The average Bonchev–Trinajstić information content (AvgIpc) is 2.81. The zero-order valence-corrected chi connectivity index (χ0v) is 12.5. The summed E-state index contributed by atoms with van der Waals surface area (Å²) in [6.07, 6.45) is 2.49. The zero-order valence-electron chi connectivity index (χ0n) is 10.2. The van der Waals surface area contributed by atoms with Crippen molar-refractivity contribution < 1.29 is 14.6 Å². The summed E-state index contributed by atoms with van der Waals surface area (Å²) >= 11 is 13.4. The summed E-state index contributed by atoms with van der Waals surface area (Å²) in [7, 11) is 0. The molecule has 6 heteroatoms. The fourth-order valence-corrected chi connectivity index (χ4v) is 2.78. The van der Waals surface area contributed by atoms with E-state index in [9.17, 15) is 4.79 Å². The van der Waals surface area contributed by atoms with Crippen LogP contribution < -0.4 is 4.74 Å². The van der Waals surface area contributed by atoms with Crippen LogP contribution in [0.25, 0.3) is 6.08 Å². The van der Waals surface area contributed by atoms with Crippen molar-refractivity contribution in [3.63, 3.8) is 0 Å². The maximum absolute atomic E-state index is 10.6. The Balaban J connectivity index is 2.19. The molecule has 104 valence electrons. The monoisotopic (exact) mass is 328 g/mol. The summed E-state index contributed by atoms with van der Waals surface area (Å²) in [5.41, 5.74) is 0.613. The predicted octanol–water partition coefficient (Wildman–Crippen LogP) is 4.73. The van der Waals surface area contributed by atoms with Gasteiger partial charge in [0, 0.05) is 16.5 Å². The van der Waals surface area contributed by atoms with Crippen LogP contribution in [-0.2, 0) is 11.4 Å². The molecule has 0 saturated heterocycles. The molecule has 2 rings (SSSR count). The molecular formula is C14H10Cl2O3S. The number of carboxylic acids is 1. The van der Waals surface area contributed by atoms with Gasteiger partial charge in [-0.2, -0.15) is 0 Å². The maximum atomic E-state index is 10.6. The van der Waals surface area contributed by atoms with Gasteiger partial charge in [0.05, 0.1) is 9.36 Å². The highest BCUT2D eigenvalue weighted by Crippen LogP contribution is 2.31. The molecule has 0 aliphatic carbocycles. The fraction of sp³-hybridized carbons (Fsp3) is 0.0714. The lowest BCUT2D eigenvalue weighted by molar-refractivity contribution is -0.131. The lowest BCUT2D eigenvalue weighted by Crippen LogP contribution is -1.96. The van der Waals surface area contributed by atoms with E-state index in [1.807, 2.05) is 6.07 Å².